The molecule has 3 aromatic rings. The Morgan fingerprint density at radius 3 is 0.822 bits per heavy atom. The van der Waals surface area contributed by atoms with Crippen LogP contribution >= 0.6 is 0 Å². The van der Waals surface area contributed by atoms with E-state index in [0.717, 1.165) is 0 Å². The van der Waals surface area contributed by atoms with Crippen molar-refractivity contribution in [3.63, 3.8) is 0 Å². The zero-order valence-electron chi connectivity index (χ0n) is 64.4. The van der Waals surface area contributed by atoms with Gasteiger partial charge in [-0.05, 0) is 71.9 Å². The molecular formula is C79H122N4O24. The number of hydrogen-bond acceptors (Lipinski definition) is 25. The molecule has 0 radical (unpaired) electrons. The van der Waals surface area contributed by atoms with Crippen molar-refractivity contribution in [3.8, 4) is 0 Å². The van der Waals surface area contributed by atoms with E-state index < -0.39 is 42.3 Å². The summed E-state index contributed by atoms with van der Waals surface area (Å²) in [7, 11) is 0. The standard InChI is InChI=1S/C79H122N4O24/c1-55-58(4)67(49-102-73(87)64-19-13-10-14-20-64)105-76(61(55)7)99-46-43-93-40-37-90-34-28-81-70(84)25-31-96-52-79(80,53-97-32-26-71(85)82-29-35-91-38-41-94-44-47-100-77-62(8)56(2)59(5)68(106-77)50-103-74(88)65-21-15-11-16-22-65)54-98-33-27-72(86)83-30-36-92-39-42-95-45-48-101-78-63(9)57(3)60(6)69(107-78)51-104-75(89)66-23-17-12-18-24-66/h10-24,55-63,67-69,76-78H,25-54,80H2,1-9H3,(H,81,84)(H,82,85)(H,83,86)/t55?,56?,57?,58-,59-,60-,61+,62+,63+,67?,68?,69?,76-,77-,78-,79?/m0/s1. The Morgan fingerprint density at radius 1 is 0.318 bits per heavy atom. The van der Waals surface area contributed by atoms with Crippen LogP contribution in [0.4, 0.5) is 0 Å². The van der Waals surface area contributed by atoms with Crippen LogP contribution in [-0.4, -0.2) is 257 Å². The van der Waals surface area contributed by atoms with Gasteiger partial charge in [-0.15, -0.1) is 0 Å². The summed E-state index contributed by atoms with van der Waals surface area (Å²) in [6.45, 7) is 24.7. The van der Waals surface area contributed by atoms with Gasteiger partial charge in [0.1, 0.15) is 19.8 Å². The first-order valence-corrected chi connectivity index (χ1v) is 38.0. The fourth-order valence-corrected chi connectivity index (χ4v) is 12.2. The molecule has 107 heavy (non-hydrogen) atoms. The number of rotatable bonds is 54. The lowest BCUT2D eigenvalue weighted by Crippen LogP contribution is -2.53. The predicted octanol–water partition coefficient (Wildman–Crippen LogP) is 6.87. The van der Waals surface area contributed by atoms with Gasteiger partial charge >= 0.3 is 17.9 Å². The van der Waals surface area contributed by atoms with Crippen molar-refractivity contribution in [2.75, 3.05) is 178 Å². The van der Waals surface area contributed by atoms with E-state index in [1.807, 2.05) is 18.2 Å². The first kappa shape index (κ1) is 89.7. The van der Waals surface area contributed by atoms with Crippen LogP contribution in [0.25, 0.3) is 0 Å². The van der Waals surface area contributed by atoms with Crippen molar-refractivity contribution in [2.24, 2.45) is 59.0 Å². The molecule has 3 fully saturated rings. The van der Waals surface area contributed by atoms with E-state index >= 15 is 0 Å². The zero-order valence-corrected chi connectivity index (χ0v) is 64.4. The van der Waals surface area contributed by atoms with Crippen molar-refractivity contribution in [3.05, 3.63) is 108 Å². The van der Waals surface area contributed by atoms with Crippen molar-refractivity contribution in [2.45, 2.75) is 124 Å². The minimum atomic E-state index is -1.20. The molecule has 28 heteroatoms. The molecule has 602 valence electrons. The van der Waals surface area contributed by atoms with Crippen molar-refractivity contribution in [1.82, 2.24) is 16.0 Å². The minimum absolute atomic E-state index is 0.0439. The second kappa shape index (κ2) is 51.3. The van der Waals surface area contributed by atoms with E-state index in [9.17, 15) is 28.8 Å². The average molecular weight is 1510 g/mol. The van der Waals surface area contributed by atoms with Crippen LogP contribution in [0.3, 0.4) is 0 Å². The maximum Gasteiger partial charge on any atom is 0.338 e. The van der Waals surface area contributed by atoms with E-state index in [4.69, 9.17) is 91.0 Å². The zero-order chi connectivity index (χ0) is 77.0. The summed E-state index contributed by atoms with van der Waals surface area (Å²) < 4.78 is 106. The lowest BCUT2D eigenvalue weighted by molar-refractivity contribution is -0.256. The van der Waals surface area contributed by atoms with Crippen molar-refractivity contribution < 1.29 is 114 Å². The summed E-state index contributed by atoms with van der Waals surface area (Å²) in [5.74, 6) is -0.296. The molecule has 3 aliphatic heterocycles. The third kappa shape index (κ3) is 33.9. The van der Waals surface area contributed by atoms with Crippen LogP contribution in [0.2, 0.25) is 0 Å². The first-order valence-electron chi connectivity index (χ1n) is 38.0. The maximum atomic E-state index is 12.7. The largest absolute Gasteiger partial charge is 0.459 e. The lowest BCUT2D eigenvalue weighted by Gasteiger charge is -2.43. The Morgan fingerprint density at radius 2 is 0.561 bits per heavy atom. The van der Waals surface area contributed by atoms with Gasteiger partial charge in [0.2, 0.25) is 17.7 Å². The third-order valence-electron chi connectivity index (χ3n) is 20.1. The molecule has 3 aliphatic rings. The Balaban J connectivity index is 0.803. The lowest BCUT2D eigenvalue weighted by atomic mass is 9.79. The average Bonchev–Trinajstić information content (AvgIpc) is 0.826. The Kier molecular flexibility index (Phi) is 43.1. The fourth-order valence-electron chi connectivity index (χ4n) is 12.2. The van der Waals surface area contributed by atoms with Crippen molar-refractivity contribution >= 4 is 35.6 Å². The normalized spacial score (nSPS) is 24.9. The fraction of sp³-hybridized carbons (Fsp3) is 0.696. The van der Waals surface area contributed by atoms with Crippen LogP contribution in [-0.2, 0) is 99.6 Å². The van der Waals surface area contributed by atoms with Gasteiger partial charge in [-0.3, -0.25) is 14.4 Å². The van der Waals surface area contributed by atoms with Gasteiger partial charge in [-0.2, -0.15) is 0 Å². The van der Waals surface area contributed by atoms with Gasteiger partial charge in [0.15, 0.2) is 18.9 Å². The molecular weight excluding hydrogens is 1390 g/mol. The highest BCUT2D eigenvalue weighted by Gasteiger charge is 2.43. The third-order valence-corrected chi connectivity index (χ3v) is 20.1. The summed E-state index contributed by atoms with van der Waals surface area (Å²) in [6.07, 6.45) is -2.22. The maximum absolute atomic E-state index is 12.7. The second-order valence-corrected chi connectivity index (χ2v) is 27.9. The van der Waals surface area contributed by atoms with Gasteiger partial charge in [0.05, 0.1) is 179 Å². The van der Waals surface area contributed by atoms with Crippen LogP contribution in [0, 0.1) is 53.3 Å². The molecule has 3 amide bonds. The molecule has 0 bridgehead atoms. The molecule has 0 aliphatic carbocycles. The number of nitrogens with two attached hydrogens (primary N) is 1. The molecule has 0 saturated carbocycles. The molecule has 3 heterocycles. The number of amides is 3. The molecule has 0 spiro atoms. The van der Waals surface area contributed by atoms with Crippen molar-refractivity contribution in [1.29, 1.82) is 0 Å². The Hall–Kier alpha value is -6.16. The molecule has 6 rings (SSSR count). The van der Waals surface area contributed by atoms with Gasteiger partial charge < -0.3 is 107 Å². The SMILES string of the molecule is CC1[C@H](C)C(COC(=O)c2ccccc2)O[C@H](OCCOCCOCCNC(=O)CCOCC(N)(COCCC(=O)NCCOCCOCCO[C@H]2OC(COC(=O)c3ccccc3)[C@@H](C)C(C)[C@H]2C)COCCC(=O)NCCOCCOCCO[C@H]2OC(COC(=O)c3ccccc3)[C@@H](C)C(C)[C@H]2C)[C@@H]1C. The highest BCUT2D eigenvalue weighted by Crippen LogP contribution is 2.38. The Labute approximate surface area is 632 Å². The summed E-state index contributed by atoms with van der Waals surface area (Å²) >= 11 is 0. The van der Waals surface area contributed by atoms with E-state index in [1.165, 1.54) is 0 Å². The van der Waals surface area contributed by atoms with E-state index in [-0.39, 0.29) is 207 Å². The van der Waals surface area contributed by atoms with Crippen LogP contribution in [0.1, 0.15) is 113 Å². The number of esters is 3. The summed E-state index contributed by atoms with van der Waals surface area (Å²) in [6, 6.07) is 26.6. The quantitative estimate of drug-likeness (QED) is 0.0254. The van der Waals surface area contributed by atoms with Gasteiger partial charge in [0, 0.05) is 56.7 Å². The molecule has 28 nitrogen and oxygen atoms in total. The number of carbonyl (C=O) groups excluding carboxylic acids is 6. The Bertz CT molecular complexity index is 2640. The summed E-state index contributed by atoms with van der Waals surface area (Å²) in [5, 5.41) is 8.45. The first-order chi connectivity index (χ1) is 51.7. The van der Waals surface area contributed by atoms with Crippen LogP contribution in [0.15, 0.2) is 91.0 Å². The van der Waals surface area contributed by atoms with Crippen LogP contribution < -0.4 is 21.7 Å². The number of benzene rings is 3. The van der Waals surface area contributed by atoms with Gasteiger partial charge in [-0.25, -0.2) is 14.4 Å². The van der Waals surface area contributed by atoms with E-state index in [1.54, 1.807) is 72.8 Å². The van der Waals surface area contributed by atoms with E-state index in [2.05, 4.69) is 78.3 Å². The number of ether oxygens (including phenoxy) is 18. The predicted molar refractivity (Wildman–Crippen MR) is 394 cm³/mol. The summed E-state index contributed by atoms with van der Waals surface area (Å²) in [4.78, 5) is 75.9. The molecule has 15 atom stereocenters. The molecule has 5 N–H and O–H groups in total. The monoisotopic (exact) mass is 1510 g/mol. The molecule has 0 aromatic heterocycles. The molecule has 3 aromatic carbocycles. The number of carbonyl (C=O) groups is 6. The van der Waals surface area contributed by atoms with Crippen LogP contribution in [0.5, 0.6) is 0 Å². The topological polar surface area (TPSA) is 331 Å². The highest BCUT2D eigenvalue weighted by atomic mass is 16.7. The van der Waals surface area contributed by atoms with Gasteiger partial charge in [-0.1, -0.05) is 117 Å². The minimum Gasteiger partial charge on any atom is -0.459 e. The second-order valence-electron chi connectivity index (χ2n) is 27.9. The number of hydrogen-bond donors (Lipinski definition) is 4. The van der Waals surface area contributed by atoms with Gasteiger partial charge in [0.25, 0.3) is 0 Å². The summed E-state index contributed by atoms with van der Waals surface area (Å²) in [5.41, 5.74) is 7.03. The smallest absolute Gasteiger partial charge is 0.338 e. The number of nitrogens with one attached hydrogen (secondary N) is 3. The molecule has 6 unspecified atom stereocenters. The van der Waals surface area contributed by atoms with E-state index in [0.29, 0.717) is 96.0 Å². The highest BCUT2D eigenvalue weighted by molar-refractivity contribution is 5.90. The molecule has 3 saturated heterocycles.